The van der Waals surface area contributed by atoms with Crippen molar-refractivity contribution in [3.8, 4) is 0 Å². The zero-order valence-corrected chi connectivity index (χ0v) is 14.9. The summed E-state index contributed by atoms with van der Waals surface area (Å²) in [6.07, 6.45) is 0. The van der Waals surface area contributed by atoms with Crippen LogP contribution in [0, 0.1) is 5.92 Å². The fourth-order valence-corrected chi connectivity index (χ4v) is 2.14. The molecular formula is C16H23BrN2O3. The number of hydrogen-bond donors (Lipinski definition) is 2. The lowest BCUT2D eigenvalue weighted by Crippen LogP contribution is -2.47. The quantitative estimate of drug-likeness (QED) is 0.724. The second kappa shape index (κ2) is 8.90. The fourth-order valence-electron chi connectivity index (χ4n) is 1.88. The first-order chi connectivity index (χ1) is 10.3. The van der Waals surface area contributed by atoms with Gasteiger partial charge < -0.3 is 15.4 Å². The highest BCUT2D eigenvalue weighted by Gasteiger charge is 2.24. The molecule has 6 heteroatoms. The van der Waals surface area contributed by atoms with Crippen LogP contribution in [0.4, 0.5) is 5.69 Å². The molecule has 0 spiro atoms. The van der Waals surface area contributed by atoms with Crippen LogP contribution in [0.2, 0.25) is 0 Å². The van der Waals surface area contributed by atoms with Gasteiger partial charge in [-0.05, 0) is 45.0 Å². The number of nitrogens with one attached hydrogen (secondary N) is 2. The average molecular weight is 371 g/mol. The van der Waals surface area contributed by atoms with Crippen molar-refractivity contribution in [1.29, 1.82) is 0 Å². The molecule has 1 aromatic rings. The van der Waals surface area contributed by atoms with Crippen molar-refractivity contribution in [2.45, 2.75) is 39.8 Å². The van der Waals surface area contributed by atoms with E-state index in [-0.39, 0.29) is 23.8 Å². The highest BCUT2D eigenvalue weighted by atomic mass is 79.9. The van der Waals surface area contributed by atoms with Gasteiger partial charge >= 0.3 is 5.97 Å². The van der Waals surface area contributed by atoms with Gasteiger partial charge in [0.15, 0.2) is 0 Å². The van der Waals surface area contributed by atoms with E-state index in [1.807, 2.05) is 31.2 Å². The molecule has 5 nitrogen and oxygen atoms in total. The van der Waals surface area contributed by atoms with Gasteiger partial charge in [-0.1, -0.05) is 22.9 Å². The van der Waals surface area contributed by atoms with Crippen molar-refractivity contribution in [1.82, 2.24) is 5.32 Å². The minimum atomic E-state index is -0.421. The molecule has 0 saturated carbocycles. The molecule has 3 atom stereocenters. The number of benzene rings is 1. The first-order valence-corrected chi connectivity index (χ1v) is 8.13. The van der Waals surface area contributed by atoms with E-state index in [4.69, 9.17) is 4.74 Å². The van der Waals surface area contributed by atoms with Gasteiger partial charge in [0.2, 0.25) is 5.91 Å². The Morgan fingerprint density at radius 1 is 1.18 bits per heavy atom. The number of carbonyl (C=O) groups is 2. The third-order valence-electron chi connectivity index (χ3n) is 3.43. The summed E-state index contributed by atoms with van der Waals surface area (Å²) in [4.78, 5) is 23.8. The molecule has 0 aliphatic heterocycles. The molecule has 0 heterocycles. The second-order valence-electron chi connectivity index (χ2n) is 5.21. The van der Waals surface area contributed by atoms with Gasteiger partial charge in [0.25, 0.3) is 0 Å². The van der Waals surface area contributed by atoms with Gasteiger partial charge in [-0.2, -0.15) is 0 Å². The number of ether oxygens (including phenoxy) is 1. The molecule has 1 amide bonds. The number of hydrogen-bond acceptors (Lipinski definition) is 4. The van der Waals surface area contributed by atoms with Crippen LogP contribution in [0.3, 0.4) is 0 Å². The van der Waals surface area contributed by atoms with E-state index >= 15 is 0 Å². The molecule has 0 fully saturated rings. The number of amides is 1. The van der Waals surface area contributed by atoms with Crippen LogP contribution in [-0.4, -0.2) is 30.6 Å². The van der Waals surface area contributed by atoms with Crippen molar-refractivity contribution in [3.05, 3.63) is 28.7 Å². The van der Waals surface area contributed by atoms with Gasteiger partial charge in [-0.25, -0.2) is 0 Å². The molecule has 0 aromatic heterocycles. The van der Waals surface area contributed by atoms with Gasteiger partial charge in [0.05, 0.1) is 18.6 Å². The maximum absolute atomic E-state index is 12.1. The van der Waals surface area contributed by atoms with Crippen LogP contribution in [0.1, 0.15) is 27.7 Å². The Morgan fingerprint density at radius 3 is 2.32 bits per heavy atom. The van der Waals surface area contributed by atoms with Crippen LogP contribution in [-0.2, 0) is 14.3 Å². The summed E-state index contributed by atoms with van der Waals surface area (Å²) in [5.41, 5.74) is 0.730. The van der Waals surface area contributed by atoms with E-state index in [1.54, 1.807) is 20.8 Å². The lowest BCUT2D eigenvalue weighted by molar-refractivity contribution is -0.148. The monoisotopic (exact) mass is 370 g/mol. The van der Waals surface area contributed by atoms with Crippen LogP contribution in [0.15, 0.2) is 28.7 Å². The maximum Gasteiger partial charge on any atom is 0.310 e. The molecule has 0 aliphatic carbocycles. The van der Waals surface area contributed by atoms with E-state index in [0.29, 0.717) is 6.61 Å². The average Bonchev–Trinajstić information content (AvgIpc) is 2.48. The van der Waals surface area contributed by atoms with E-state index in [9.17, 15) is 9.59 Å². The Labute approximate surface area is 139 Å². The zero-order chi connectivity index (χ0) is 16.7. The molecule has 122 valence electrons. The molecule has 0 radical (unpaired) electrons. The molecule has 1 rings (SSSR count). The lowest BCUT2D eigenvalue weighted by atomic mass is 10.0. The topological polar surface area (TPSA) is 67.4 Å². The summed E-state index contributed by atoms with van der Waals surface area (Å²) in [5.74, 6) is -0.726. The molecule has 22 heavy (non-hydrogen) atoms. The summed E-state index contributed by atoms with van der Waals surface area (Å²) in [6, 6.07) is 6.78. The second-order valence-corrected chi connectivity index (χ2v) is 6.13. The Morgan fingerprint density at radius 2 is 1.77 bits per heavy atom. The summed E-state index contributed by atoms with van der Waals surface area (Å²) >= 11 is 3.35. The Kier molecular flexibility index (Phi) is 7.55. The summed E-state index contributed by atoms with van der Waals surface area (Å²) in [5, 5.41) is 5.96. The normalized spacial score (nSPS) is 14.8. The predicted molar refractivity (Wildman–Crippen MR) is 90.6 cm³/mol. The molecular weight excluding hydrogens is 348 g/mol. The van der Waals surface area contributed by atoms with Crippen molar-refractivity contribution in [2.24, 2.45) is 5.92 Å². The van der Waals surface area contributed by atoms with Crippen LogP contribution >= 0.6 is 15.9 Å². The van der Waals surface area contributed by atoms with Gasteiger partial charge in [-0.15, -0.1) is 0 Å². The van der Waals surface area contributed by atoms with E-state index in [1.165, 1.54) is 0 Å². The van der Waals surface area contributed by atoms with Gasteiger partial charge in [0, 0.05) is 16.2 Å². The molecule has 1 aromatic carbocycles. The first-order valence-electron chi connectivity index (χ1n) is 7.34. The molecule has 0 bridgehead atoms. The van der Waals surface area contributed by atoms with Crippen LogP contribution in [0.25, 0.3) is 0 Å². The number of rotatable bonds is 7. The van der Waals surface area contributed by atoms with Crippen molar-refractivity contribution < 1.29 is 14.3 Å². The zero-order valence-electron chi connectivity index (χ0n) is 13.4. The highest BCUT2D eigenvalue weighted by molar-refractivity contribution is 9.10. The highest BCUT2D eigenvalue weighted by Crippen LogP contribution is 2.14. The van der Waals surface area contributed by atoms with E-state index in [2.05, 4.69) is 26.6 Å². The van der Waals surface area contributed by atoms with E-state index in [0.717, 1.165) is 10.2 Å². The molecule has 0 unspecified atom stereocenters. The summed E-state index contributed by atoms with van der Waals surface area (Å²) < 4.78 is 5.94. The standard InChI is InChI=1S/C16H23BrN2O3/c1-5-22-16(21)10(2)11(3)18-12(4)15(20)19-14-8-6-13(17)7-9-14/h6-12,18H,5H2,1-4H3,(H,19,20)/t10-,11+,12-/m1/s1. The minimum Gasteiger partial charge on any atom is -0.466 e. The first kappa shape index (κ1) is 18.6. The number of halogens is 1. The van der Waals surface area contributed by atoms with Gasteiger partial charge in [0.1, 0.15) is 0 Å². The Bertz CT molecular complexity index is 505. The summed E-state index contributed by atoms with van der Waals surface area (Å²) in [6.45, 7) is 7.55. The number of esters is 1. The third kappa shape index (κ3) is 5.77. The maximum atomic E-state index is 12.1. The van der Waals surface area contributed by atoms with E-state index < -0.39 is 6.04 Å². The smallest absolute Gasteiger partial charge is 0.310 e. The SMILES string of the molecule is CCOC(=O)[C@H](C)[C@H](C)N[C@H](C)C(=O)Nc1ccc(Br)cc1. The minimum absolute atomic E-state index is 0.148. The van der Waals surface area contributed by atoms with Crippen molar-refractivity contribution in [3.63, 3.8) is 0 Å². The molecule has 0 aliphatic rings. The van der Waals surface area contributed by atoms with Crippen LogP contribution < -0.4 is 10.6 Å². The van der Waals surface area contributed by atoms with Crippen LogP contribution in [0.5, 0.6) is 0 Å². The van der Waals surface area contributed by atoms with Crippen molar-refractivity contribution >= 4 is 33.5 Å². The predicted octanol–water partition coefficient (Wildman–Crippen LogP) is 2.95. The van der Waals surface area contributed by atoms with Crippen molar-refractivity contribution in [2.75, 3.05) is 11.9 Å². The Balaban J connectivity index is 2.52. The largest absolute Gasteiger partial charge is 0.466 e. The molecule has 0 saturated heterocycles. The fraction of sp³-hybridized carbons (Fsp3) is 0.500. The molecule has 2 N–H and O–H groups in total. The lowest BCUT2D eigenvalue weighted by Gasteiger charge is -2.23. The number of carbonyl (C=O) groups excluding carboxylic acids is 2. The third-order valence-corrected chi connectivity index (χ3v) is 3.95. The van der Waals surface area contributed by atoms with Gasteiger partial charge in [-0.3, -0.25) is 9.59 Å². The summed E-state index contributed by atoms with van der Waals surface area (Å²) in [7, 11) is 0. The number of anilines is 1. The Hall–Kier alpha value is -1.40.